The van der Waals surface area contributed by atoms with Crippen LogP contribution >= 0.6 is 0 Å². The van der Waals surface area contributed by atoms with E-state index in [2.05, 4.69) is 36.5 Å². The van der Waals surface area contributed by atoms with Gasteiger partial charge in [-0.1, -0.05) is 57.2 Å². The minimum atomic E-state index is 0.375. The van der Waals surface area contributed by atoms with Crippen molar-refractivity contribution < 1.29 is 4.42 Å². The maximum atomic E-state index is 6.15. The molecule has 2 nitrogen and oxygen atoms in total. The molecule has 1 N–H and O–H groups in total. The molecular formula is C19H27NO. The lowest BCUT2D eigenvalue weighted by atomic mass is 9.84. The standard InChI is InChI=1S/C19H27NO/c1-2-20-19(15-10-6-4-3-5-7-11-15)18-14-16-12-8-9-13-17(16)21-18/h8-9,12-15,19-20H,2-7,10-11H2,1H3. The van der Waals surface area contributed by atoms with Crippen LogP contribution < -0.4 is 5.32 Å². The zero-order valence-corrected chi connectivity index (χ0v) is 13.1. The normalized spacial score (nSPS) is 19.3. The van der Waals surface area contributed by atoms with E-state index < -0.39 is 0 Å². The molecule has 1 aromatic heterocycles. The number of benzene rings is 1. The van der Waals surface area contributed by atoms with Gasteiger partial charge in [-0.15, -0.1) is 0 Å². The van der Waals surface area contributed by atoms with Gasteiger partial charge in [-0.2, -0.15) is 0 Å². The van der Waals surface area contributed by atoms with E-state index in [0.29, 0.717) is 12.0 Å². The Morgan fingerprint density at radius 1 is 1.10 bits per heavy atom. The Bertz CT molecular complexity index is 518. The van der Waals surface area contributed by atoms with Crippen molar-refractivity contribution in [1.29, 1.82) is 0 Å². The molecule has 3 rings (SSSR count). The number of hydrogen-bond donors (Lipinski definition) is 1. The molecule has 1 atom stereocenters. The summed E-state index contributed by atoms with van der Waals surface area (Å²) in [6, 6.07) is 11.0. The Balaban J connectivity index is 1.84. The van der Waals surface area contributed by atoms with Crippen molar-refractivity contribution in [3.05, 3.63) is 36.1 Å². The van der Waals surface area contributed by atoms with Crippen LogP contribution in [0.15, 0.2) is 34.7 Å². The van der Waals surface area contributed by atoms with Crippen LogP contribution in [0.4, 0.5) is 0 Å². The summed E-state index contributed by atoms with van der Waals surface area (Å²) in [5.41, 5.74) is 1.02. The van der Waals surface area contributed by atoms with Gasteiger partial charge in [0.05, 0.1) is 6.04 Å². The zero-order valence-electron chi connectivity index (χ0n) is 13.1. The van der Waals surface area contributed by atoms with E-state index in [4.69, 9.17) is 4.42 Å². The molecule has 1 aliphatic rings. The summed E-state index contributed by atoms with van der Waals surface area (Å²) < 4.78 is 6.15. The van der Waals surface area contributed by atoms with Gasteiger partial charge in [0.2, 0.25) is 0 Å². The minimum Gasteiger partial charge on any atom is -0.459 e. The van der Waals surface area contributed by atoms with Gasteiger partial charge in [0, 0.05) is 5.39 Å². The minimum absolute atomic E-state index is 0.375. The molecule has 21 heavy (non-hydrogen) atoms. The molecule has 1 heterocycles. The average molecular weight is 285 g/mol. The van der Waals surface area contributed by atoms with E-state index in [0.717, 1.165) is 17.9 Å². The number of rotatable bonds is 4. The third kappa shape index (κ3) is 3.49. The van der Waals surface area contributed by atoms with Gasteiger partial charge in [-0.25, -0.2) is 0 Å². The third-order valence-electron chi connectivity index (χ3n) is 4.80. The van der Waals surface area contributed by atoms with Gasteiger partial charge in [0.25, 0.3) is 0 Å². The molecule has 1 fully saturated rings. The van der Waals surface area contributed by atoms with Crippen LogP contribution in [-0.2, 0) is 0 Å². The van der Waals surface area contributed by atoms with Crippen molar-refractivity contribution in [3.8, 4) is 0 Å². The Labute approximate surface area is 127 Å². The Kier molecular flexibility index (Phi) is 4.97. The first-order valence-corrected chi connectivity index (χ1v) is 8.60. The number of nitrogens with one attached hydrogen (secondary N) is 1. The van der Waals surface area contributed by atoms with Gasteiger partial charge in [0.1, 0.15) is 11.3 Å². The van der Waals surface area contributed by atoms with Crippen molar-refractivity contribution in [1.82, 2.24) is 5.32 Å². The molecule has 0 spiro atoms. The third-order valence-corrected chi connectivity index (χ3v) is 4.80. The highest BCUT2D eigenvalue weighted by Crippen LogP contribution is 2.35. The first-order valence-electron chi connectivity index (χ1n) is 8.60. The monoisotopic (exact) mass is 285 g/mol. The number of fused-ring (bicyclic) bond motifs is 1. The van der Waals surface area contributed by atoms with Crippen molar-refractivity contribution in [2.75, 3.05) is 6.54 Å². The van der Waals surface area contributed by atoms with Gasteiger partial charge >= 0.3 is 0 Å². The largest absolute Gasteiger partial charge is 0.459 e. The summed E-state index contributed by atoms with van der Waals surface area (Å²) in [6.45, 7) is 3.19. The first-order chi connectivity index (χ1) is 10.4. The van der Waals surface area contributed by atoms with Crippen LogP contribution in [0.3, 0.4) is 0 Å². The molecule has 0 aliphatic heterocycles. The molecule has 2 aromatic rings. The topological polar surface area (TPSA) is 25.2 Å². The number of para-hydroxylation sites is 1. The van der Waals surface area contributed by atoms with Crippen LogP contribution in [0.5, 0.6) is 0 Å². The van der Waals surface area contributed by atoms with Gasteiger partial charge in [-0.05, 0) is 37.4 Å². The van der Waals surface area contributed by atoms with Crippen molar-refractivity contribution in [3.63, 3.8) is 0 Å². The van der Waals surface area contributed by atoms with Crippen molar-refractivity contribution in [2.45, 2.75) is 57.9 Å². The molecule has 1 aliphatic carbocycles. The van der Waals surface area contributed by atoms with E-state index in [1.54, 1.807) is 0 Å². The Hall–Kier alpha value is -1.28. The highest BCUT2D eigenvalue weighted by molar-refractivity contribution is 5.77. The fourth-order valence-electron chi connectivity index (χ4n) is 3.70. The molecule has 0 saturated heterocycles. The summed E-state index contributed by atoms with van der Waals surface area (Å²) in [4.78, 5) is 0. The molecule has 1 saturated carbocycles. The van der Waals surface area contributed by atoms with Gasteiger partial charge < -0.3 is 9.73 Å². The Morgan fingerprint density at radius 2 is 1.81 bits per heavy atom. The molecular weight excluding hydrogens is 258 g/mol. The second kappa shape index (κ2) is 7.13. The second-order valence-corrected chi connectivity index (χ2v) is 6.33. The predicted molar refractivity (Wildman–Crippen MR) is 88.4 cm³/mol. The summed E-state index contributed by atoms with van der Waals surface area (Å²) in [7, 11) is 0. The predicted octanol–water partition coefficient (Wildman–Crippen LogP) is 5.44. The van der Waals surface area contributed by atoms with Crippen LogP contribution in [-0.4, -0.2) is 6.54 Å². The van der Waals surface area contributed by atoms with Crippen LogP contribution in [0.2, 0.25) is 0 Å². The Morgan fingerprint density at radius 3 is 2.52 bits per heavy atom. The molecule has 0 radical (unpaired) electrons. The van der Waals surface area contributed by atoms with Crippen molar-refractivity contribution >= 4 is 11.0 Å². The second-order valence-electron chi connectivity index (χ2n) is 6.33. The zero-order chi connectivity index (χ0) is 14.5. The van der Waals surface area contributed by atoms with Crippen LogP contribution in [0.25, 0.3) is 11.0 Å². The summed E-state index contributed by atoms with van der Waals surface area (Å²) >= 11 is 0. The first kappa shape index (κ1) is 14.6. The SMILES string of the molecule is CCNC(c1cc2ccccc2o1)C1CCCCCCC1. The van der Waals surface area contributed by atoms with Gasteiger partial charge in [0.15, 0.2) is 0 Å². The summed E-state index contributed by atoms with van der Waals surface area (Å²) in [5.74, 6) is 1.84. The summed E-state index contributed by atoms with van der Waals surface area (Å²) in [5, 5.41) is 4.91. The lowest BCUT2D eigenvalue weighted by molar-refractivity contribution is 0.264. The molecule has 1 aromatic carbocycles. The maximum Gasteiger partial charge on any atom is 0.134 e. The summed E-state index contributed by atoms with van der Waals surface area (Å²) in [6.07, 6.45) is 9.61. The smallest absolute Gasteiger partial charge is 0.134 e. The quantitative estimate of drug-likeness (QED) is 0.808. The van der Waals surface area contributed by atoms with E-state index in [9.17, 15) is 0 Å². The van der Waals surface area contributed by atoms with Crippen LogP contribution in [0.1, 0.15) is 63.7 Å². The lowest BCUT2D eigenvalue weighted by Gasteiger charge is -2.28. The highest BCUT2D eigenvalue weighted by atomic mass is 16.3. The number of furan rings is 1. The van der Waals surface area contributed by atoms with E-state index in [1.165, 1.54) is 50.3 Å². The number of hydrogen-bond acceptors (Lipinski definition) is 2. The lowest BCUT2D eigenvalue weighted by Crippen LogP contribution is -2.28. The van der Waals surface area contributed by atoms with Crippen molar-refractivity contribution in [2.24, 2.45) is 5.92 Å². The van der Waals surface area contributed by atoms with E-state index >= 15 is 0 Å². The molecule has 2 heteroatoms. The molecule has 114 valence electrons. The molecule has 1 unspecified atom stereocenters. The van der Waals surface area contributed by atoms with E-state index in [-0.39, 0.29) is 0 Å². The van der Waals surface area contributed by atoms with E-state index in [1.807, 2.05) is 6.07 Å². The van der Waals surface area contributed by atoms with Gasteiger partial charge in [-0.3, -0.25) is 0 Å². The average Bonchev–Trinajstić information content (AvgIpc) is 2.89. The molecule has 0 amide bonds. The molecule has 0 bridgehead atoms. The fraction of sp³-hybridized carbons (Fsp3) is 0.579. The maximum absolute atomic E-state index is 6.15. The fourth-order valence-corrected chi connectivity index (χ4v) is 3.70. The highest BCUT2D eigenvalue weighted by Gasteiger charge is 2.25. The van der Waals surface area contributed by atoms with Crippen LogP contribution in [0, 0.1) is 5.92 Å².